The minimum Gasteiger partial charge on any atom is -0.354 e. The van der Waals surface area contributed by atoms with Gasteiger partial charge in [0, 0.05) is 25.2 Å². The summed E-state index contributed by atoms with van der Waals surface area (Å²) in [7, 11) is 0. The fraction of sp³-hybridized carbons (Fsp3) is 0.444. The molecule has 0 radical (unpaired) electrons. The third-order valence-corrected chi connectivity index (χ3v) is 2.82. The number of halogens is 1. The standard InChI is InChI=1S/C9H11ClN4O2/c10-8-3-7(14(15)16)4-12-9(8)13-2-1-6(11)5-13/h3-4,6H,1-2,5,11H2. The first-order chi connectivity index (χ1) is 7.58. The largest absolute Gasteiger partial charge is 0.354 e. The van der Waals surface area contributed by atoms with Gasteiger partial charge in [0.15, 0.2) is 0 Å². The van der Waals surface area contributed by atoms with Crippen molar-refractivity contribution in [2.75, 3.05) is 18.0 Å². The van der Waals surface area contributed by atoms with Crippen LogP contribution in [0.1, 0.15) is 6.42 Å². The molecule has 1 unspecified atom stereocenters. The Morgan fingerprint density at radius 3 is 2.94 bits per heavy atom. The predicted octanol–water partition coefficient (Wildman–Crippen LogP) is 1.18. The molecule has 1 aliphatic heterocycles. The molecule has 7 heteroatoms. The Bertz CT molecular complexity index is 426. The fourth-order valence-corrected chi connectivity index (χ4v) is 2.01. The number of hydrogen-bond acceptors (Lipinski definition) is 5. The van der Waals surface area contributed by atoms with Crippen LogP contribution in [-0.2, 0) is 0 Å². The van der Waals surface area contributed by atoms with E-state index in [-0.39, 0.29) is 11.7 Å². The second-order valence-corrected chi connectivity index (χ2v) is 4.16. The Morgan fingerprint density at radius 1 is 1.69 bits per heavy atom. The lowest BCUT2D eigenvalue weighted by atomic mass is 10.3. The van der Waals surface area contributed by atoms with Crippen molar-refractivity contribution in [3.63, 3.8) is 0 Å². The highest BCUT2D eigenvalue weighted by Gasteiger charge is 2.23. The van der Waals surface area contributed by atoms with Crippen LogP contribution in [0.2, 0.25) is 5.02 Å². The smallest absolute Gasteiger partial charge is 0.289 e. The van der Waals surface area contributed by atoms with Gasteiger partial charge in [0.25, 0.3) is 5.69 Å². The van der Waals surface area contributed by atoms with Crippen molar-refractivity contribution in [3.8, 4) is 0 Å². The van der Waals surface area contributed by atoms with Crippen molar-refractivity contribution in [3.05, 3.63) is 27.4 Å². The summed E-state index contributed by atoms with van der Waals surface area (Å²) in [5, 5.41) is 10.8. The second-order valence-electron chi connectivity index (χ2n) is 3.75. The molecule has 0 aromatic carbocycles. The summed E-state index contributed by atoms with van der Waals surface area (Å²) >= 11 is 5.95. The molecule has 0 amide bonds. The van der Waals surface area contributed by atoms with E-state index in [1.54, 1.807) is 0 Å². The normalized spacial score (nSPS) is 20.1. The van der Waals surface area contributed by atoms with Gasteiger partial charge in [0.1, 0.15) is 12.0 Å². The molecule has 86 valence electrons. The molecule has 0 spiro atoms. The van der Waals surface area contributed by atoms with Gasteiger partial charge in [-0.25, -0.2) is 4.98 Å². The van der Waals surface area contributed by atoms with E-state index in [0.717, 1.165) is 13.0 Å². The van der Waals surface area contributed by atoms with Crippen LogP contribution in [0.3, 0.4) is 0 Å². The van der Waals surface area contributed by atoms with Crippen LogP contribution in [0, 0.1) is 10.1 Å². The predicted molar refractivity (Wildman–Crippen MR) is 60.7 cm³/mol. The number of hydrogen-bond donors (Lipinski definition) is 1. The molecular weight excluding hydrogens is 232 g/mol. The number of anilines is 1. The maximum Gasteiger partial charge on any atom is 0.289 e. The van der Waals surface area contributed by atoms with Crippen molar-refractivity contribution >= 4 is 23.1 Å². The zero-order valence-corrected chi connectivity index (χ0v) is 9.22. The first-order valence-electron chi connectivity index (χ1n) is 4.88. The lowest BCUT2D eigenvalue weighted by molar-refractivity contribution is -0.385. The minimum absolute atomic E-state index is 0.0998. The van der Waals surface area contributed by atoms with Crippen molar-refractivity contribution in [2.45, 2.75) is 12.5 Å². The molecule has 2 rings (SSSR count). The van der Waals surface area contributed by atoms with E-state index in [4.69, 9.17) is 17.3 Å². The molecule has 2 heterocycles. The summed E-state index contributed by atoms with van der Waals surface area (Å²) in [6.07, 6.45) is 2.10. The summed E-state index contributed by atoms with van der Waals surface area (Å²) in [5.74, 6) is 0.570. The monoisotopic (exact) mass is 242 g/mol. The number of nitrogens with zero attached hydrogens (tertiary/aromatic N) is 3. The van der Waals surface area contributed by atoms with Crippen LogP contribution in [-0.4, -0.2) is 29.0 Å². The SMILES string of the molecule is NC1CCN(c2ncc([N+](=O)[O-])cc2Cl)C1. The zero-order valence-electron chi connectivity index (χ0n) is 8.47. The van der Waals surface area contributed by atoms with Crippen molar-refractivity contribution < 1.29 is 4.92 Å². The first-order valence-corrected chi connectivity index (χ1v) is 5.26. The Morgan fingerprint density at radius 2 is 2.44 bits per heavy atom. The van der Waals surface area contributed by atoms with Crippen LogP contribution >= 0.6 is 11.6 Å². The Labute approximate surface area is 97.2 Å². The van der Waals surface area contributed by atoms with Gasteiger partial charge >= 0.3 is 0 Å². The van der Waals surface area contributed by atoms with E-state index in [2.05, 4.69) is 4.98 Å². The molecule has 6 nitrogen and oxygen atoms in total. The second kappa shape index (κ2) is 4.23. The average molecular weight is 243 g/mol. The van der Waals surface area contributed by atoms with Crippen LogP contribution in [0.5, 0.6) is 0 Å². The Balaban J connectivity index is 2.26. The first kappa shape index (κ1) is 11.1. The molecule has 1 aromatic heterocycles. The van der Waals surface area contributed by atoms with E-state index < -0.39 is 4.92 Å². The van der Waals surface area contributed by atoms with Crippen LogP contribution in [0.15, 0.2) is 12.3 Å². The topological polar surface area (TPSA) is 85.3 Å². The molecule has 0 saturated carbocycles. The van der Waals surface area contributed by atoms with E-state index in [1.165, 1.54) is 12.3 Å². The molecule has 1 aliphatic rings. The number of nitro groups is 1. The zero-order chi connectivity index (χ0) is 11.7. The van der Waals surface area contributed by atoms with Gasteiger partial charge in [0.05, 0.1) is 9.95 Å². The molecule has 2 N–H and O–H groups in total. The summed E-state index contributed by atoms with van der Waals surface area (Å²) in [4.78, 5) is 15.9. The third-order valence-electron chi connectivity index (χ3n) is 2.54. The highest BCUT2D eigenvalue weighted by Crippen LogP contribution is 2.28. The van der Waals surface area contributed by atoms with Crippen LogP contribution in [0.4, 0.5) is 11.5 Å². The van der Waals surface area contributed by atoms with Crippen LogP contribution in [0.25, 0.3) is 0 Å². The summed E-state index contributed by atoms with van der Waals surface area (Å²) in [5.41, 5.74) is 5.67. The van der Waals surface area contributed by atoms with E-state index >= 15 is 0 Å². The molecule has 1 atom stereocenters. The van der Waals surface area contributed by atoms with Crippen molar-refractivity contribution in [2.24, 2.45) is 5.73 Å². The lowest BCUT2D eigenvalue weighted by Crippen LogP contribution is -2.27. The number of nitrogens with two attached hydrogens (primary N) is 1. The van der Waals surface area contributed by atoms with Gasteiger partial charge in [-0.15, -0.1) is 0 Å². The number of pyridine rings is 1. The summed E-state index contributed by atoms with van der Waals surface area (Å²) in [6.45, 7) is 1.47. The highest BCUT2D eigenvalue weighted by atomic mass is 35.5. The third kappa shape index (κ3) is 2.07. The van der Waals surface area contributed by atoms with Gasteiger partial charge in [-0.1, -0.05) is 11.6 Å². The van der Waals surface area contributed by atoms with E-state index in [0.29, 0.717) is 17.4 Å². The molecule has 0 aliphatic carbocycles. The molecular formula is C9H11ClN4O2. The van der Waals surface area contributed by atoms with E-state index in [9.17, 15) is 10.1 Å². The van der Waals surface area contributed by atoms with Gasteiger partial charge in [-0.2, -0.15) is 0 Å². The molecule has 1 saturated heterocycles. The summed E-state index contributed by atoms with van der Waals surface area (Å²) < 4.78 is 0. The van der Waals surface area contributed by atoms with Crippen molar-refractivity contribution in [1.29, 1.82) is 0 Å². The van der Waals surface area contributed by atoms with Crippen molar-refractivity contribution in [1.82, 2.24) is 4.98 Å². The maximum atomic E-state index is 10.5. The van der Waals surface area contributed by atoms with E-state index in [1.807, 2.05) is 4.90 Å². The quantitative estimate of drug-likeness (QED) is 0.622. The van der Waals surface area contributed by atoms with Gasteiger partial charge in [-0.05, 0) is 6.42 Å². The van der Waals surface area contributed by atoms with Gasteiger partial charge in [-0.3, -0.25) is 10.1 Å². The molecule has 1 fully saturated rings. The minimum atomic E-state index is -0.515. The van der Waals surface area contributed by atoms with Gasteiger partial charge in [0.2, 0.25) is 0 Å². The Hall–Kier alpha value is -1.40. The highest BCUT2D eigenvalue weighted by molar-refractivity contribution is 6.33. The molecule has 16 heavy (non-hydrogen) atoms. The lowest BCUT2D eigenvalue weighted by Gasteiger charge is -2.17. The maximum absolute atomic E-state index is 10.5. The average Bonchev–Trinajstić information content (AvgIpc) is 2.64. The molecule has 0 bridgehead atoms. The number of rotatable bonds is 2. The number of aromatic nitrogens is 1. The fourth-order valence-electron chi connectivity index (χ4n) is 1.73. The molecule has 1 aromatic rings. The Kier molecular flexibility index (Phi) is 2.93. The summed E-state index contributed by atoms with van der Waals surface area (Å²) in [6, 6.07) is 1.43. The van der Waals surface area contributed by atoms with Gasteiger partial charge < -0.3 is 10.6 Å². The van der Waals surface area contributed by atoms with Crippen LogP contribution < -0.4 is 10.6 Å².